The van der Waals surface area contributed by atoms with Crippen molar-refractivity contribution in [2.24, 2.45) is 0 Å². The van der Waals surface area contributed by atoms with Gasteiger partial charge < -0.3 is 18.9 Å². The number of hydrogen-bond acceptors (Lipinski definition) is 6. The van der Waals surface area contributed by atoms with Gasteiger partial charge in [-0.15, -0.1) is 5.54 Å². The van der Waals surface area contributed by atoms with Gasteiger partial charge in [-0.1, -0.05) is 117 Å². The minimum absolute atomic E-state index is 0.176. The normalized spacial score (nSPS) is 22.7. The molecule has 210 valence electrons. The molecule has 1 heterocycles. The maximum atomic E-state index is 12.5. The summed E-state index contributed by atoms with van der Waals surface area (Å²) in [4.78, 5) is 12.2. The second kappa shape index (κ2) is 14.4. The molecular weight excluding hydrogens is 522 g/mol. The monoisotopic (exact) mass is 559 g/mol. The highest BCUT2D eigenvalue weighted by Crippen LogP contribution is 2.30. The van der Waals surface area contributed by atoms with Crippen LogP contribution in [-0.2, 0) is 38.8 Å². The van der Waals surface area contributed by atoms with E-state index in [-0.39, 0.29) is 24.7 Å². The van der Waals surface area contributed by atoms with Gasteiger partial charge in [-0.2, -0.15) is 0 Å². The molecule has 8 heteroatoms. The second-order valence-corrected chi connectivity index (χ2v) is 15.7. The summed E-state index contributed by atoms with van der Waals surface area (Å²) in [5.41, 5.74) is 6.16. The molecule has 1 fully saturated rings. The molecule has 3 aromatic carbocycles. The molecule has 0 aliphatic carbocycles. The van der Waals surface area contributed by atoms with Gasteiger partial charge in [0, 0.05) is 4.92 Å². The average Bonchev–Trinajstić information content (AvgIpc) is 2.95. The molecule has 7 nitrogen and oxygen atoms in total. The summed E-state index contributed by atoms with van der Waals surface area (Å²) < 4.78 is 25.2. The first-order chi connectivity index (χ1) is 19.3. The van der Waals surface area contributed by atoms with Crippen molar-refractivity contribution in [3.8, 4) is 11.5 Å². The Morgan fingerprint density at radius 3 is 1.73 bits per heavy atom. The van der Waals surface area contributed by atoms with Crippen LogP contribution >= 0.6 is 0 Å². The molecule has 40 heavy (non-hydrogen) atoms. The highest BCUT2D eigenvalue weighted by molar-refractivity contribution is 6.83. The molecule has 1 saturated heterocycles. The summed E-state index contributed by atoms with van der Waals surface area (Å²) in [5, 5.41) is 12.5. The lowest BCUT2D eigenvalue weighted by Crippen LogP contribution is -2.62. The number of nitro groups is 1. The van der Waals surface area contributed by atoms with E-state index < -0.39 is 38.5 Å². The molecule has 0 N–H and O–H groups in total. The molecule has 0 aromatic heterocycles. The zero-order valence-corrected chi connectivity index (χ0v) is 24.3. The maximum absolute atomic E-state index is 12.5. The summed E-state index contributed by atoms with van der Waals surface area (Å²) in [5.74, 6) is 3.11. The minimum atomic E-state index is -1.83. The summed E-state index contributed by atoms with van der Waals surface area (Å²) in [6.07, 6.45) is -3.23. The summed E-state index contributed by atoms with van der Waals surface area (Å²) in [6.45, 7) is 7.30. The second-order valence-electron chi connectivity index (χ2n) is 10.9. The van der Waals surface area contributed by atoms with Gasteiger partial charge in [-0.25, -0.2) is 0 Å². The molecule has 0 bridgehead atoms. The van der Waals surface area contributed by atoms with Crippen LogP contribution in [0.3, 0.4) is 0 Å². The predicted molar refractivity (Wildman–Crippen MR) is 157 cm³/mol. The number of nitrogens with zero attached hydrogens (tertiary/aromatic N) is 1. The number of hydrogen-bond donors (Lipinski definition) is 0. The Morgan fingerprint density at radius 1 is 0.775 bits per heavy atom. The van der Waals surface area contributed by atoms with E-state index in [1.54, 1.807) is 0 Å². The van der Waals surface area contributed by atoms with Gasteiger partial charge in [0.05, 0.1) is 26.4 Å². The Hall–Kier alpha value is -3.32. The zero-order chi connectivity index (χ0) is 28.4. The van der Waals surface area contributed by atoms with E-state index in [1.807, 2.05) is 91.0 Å². The SMILES string of the molecule is C[Si](C)(C)C#C[C@H]1OC(COCc2ccccc2)[C@H](OCc2ccccc2)C(OCc2ccccc2)C1[N+](=O)[O-]. The van der Waals surface area contributed by atoms with E-state index in [4.69, 9.17) is 18.9 Å². The van der Waals surface area contributed by atoms with Crippen LogP contribution in [0.5, 0.6) is 0 Å². The molecule has 3 unspecified atom stereocenters. The van der Waals surface area contributed by atoms with E-state index in [0.717, 1.165) is 16.7 Å². The van der Waals surface area contributed by atoms with Crippen molar-refractivity contribution in [2.45, 2.75) is 69.9 Å². The third-order valence-corrected chi connectivity index (χ3v) is 7.35. The van der Waals surface area contributed by atoms with Crippen molar-refractivity contribution in [3.63, 3.8) is 0 Å². The molecule has 1 aliphatic rings. The first-order valence-corrected chi connectivity index (χ1v) is 17.0. The number of rotatable bonds is 11. The molecule has 0 amide bonds. The molecule has 4 rings (SSSR count). The lowest BCUT2D eigenvalue weighted by Gasteiger charge is -2.41. The fourth-order valence-electron chi connectivity index (χ4n) is 4.49. The van der Waals surface area contributed by atoms with E-state index in [0.29, 0.717) is 6.61 Å². The lowest BCUT2D eigenvalue weighted by atomic mass is 9.92. The summed E-state index contributed by atoms with van der Waals surface area (Å²) >= 11 is 0. The van der Waals surface area contributed by atoms with Crippen LogP contribution in [0.15, 0.2) is 91.0 Å². The average molecular weight is 560 g/mol. The van der Waals surface area contributed by atoms with Gasteiger partial charge in [-0.05, 0) is 16.7 Å². The highest BCUT2D eigenvalue weighted by Gasteiger charge is 2.53. The van der Waals surface area contributed by atoms with Crippen LogP contribution in [0.4, 0.5) is 0 Å². The zero-order valence-electron chi connectivity index (χ0n) is 23.3. The van der Waals surface area contributed by atoms with Crippen LogP contribution in [0.2, 0.25) is 19.6 Å². The molecule has 0 saturated carbocycles. The predicted octanol–water partition coefficient (Wildman–Crippen LogP) is 5.67. The fourth-order valence-corrected chi connectivity index (χ4v) is 5.07. The van der Waals surface area contributed by atoms with Crippen molar-refractivity contribution in [3.05, 3.63) is 118 Å². The van der Waals surface area contributed by atoms with Gasteiger partial charge in [-0.3, -0.25) is 10.1 Å². The standard InChI is InChI=1S/C32H37NO6Si/c1-40(2,3)20-19-28-30(33(34)35)32(38-23-27-17-11-6-12-18-27)31(37-22-26-15-9-5-10-16-26)29(39-28)24-36-21-25-13-7-4-8-14-25/h4-18,28-32H,21-24H2,1-3H3/t28-,29?,30?,31+,32?/m1/s1. The van der Waals surface area contributed by atoms with Crippen LogP contribution in [0.25, 0.3) is 0 Å². The summed E-state index contributed by atoms with van der Waals surface area (Å²) in [6, 6.07) is 28.0. The van der Waals surface area contributed by atoms with Crippen LogP contribution in [0.1, 0.15) is 16.7 Å². The van der Waals surface area contributed by atoms with E-state index >= 15 is 0 Å². The lowest BCUT2D eigenvalue weighted by molar-refractivity contribution is -0.557. The van der Waals surface area contributed by atoms with Crippen molar-refractivity contribution >= 4 is 8.07 Å². The Morgan fingerprint density at radius 2 is 1.25 bits per heavy atom. The molecule has 3 aromatic rings. The molecule has 1 aliphatic heterocycles. The van der Waals surface area contributed by atoms with Gasteiger partial charge in [0.2, 0.25) is 0 Å². The van der Waals surface area contributed by atoms with Crippen LogP contribution in [-0.4, -0.2) is 50.1 Å². The largest absolute Gasteiger partial charge is 0.374 e. The molecular formula is C32H37NO6Si. The van der Waals surface area contributed by atoms with Crippen LogP contribution < -0.4 is 0 Å². The Labute approximate surface area is 237 Å². The van der Waals surface area contributed by atoms with Crippen molar-refractivity contribution in [2.75, 3.05) is 6.61 Å². The topological polar surface area (TPSA) is 80.1 Å². The van der Waals surface area contributed by atoms with Crippen molar-refractivity contribution in [1.29, 1.82) is 0 Å². The fraction of sp³-hybridized carbons (Fsp3) is 0.375. The Bertz CT molecular complexity index is 1260. The number of ether oxygens (including phenoxy) is 4. The summed E-state index contributed by atoms with van der Waals surface area (Å²) in [7, 11) is -1.83. The van der Waals surface area contributed by atoms with E-state index in [9.17, 15) is 10.1 Å². The first-order valence-electron chi connectivity index (χ1n) is 13.5. The quantitative estimate of drug-likeness (QED) is 0.130. The van der Waals surface area contributed by atoms with E-state index in [1.165, 1.54) is 0 Å². The smallest absolute Gasteiger partial charge is 0.278 e. The third-order valence-electron chi connectivity index (χ3n) is 6.46. The van der Waals surface area contributed by atoms with Crippen LogP contribution in [0, 0.1) is 21.6 Å². The first kappa shape index (κ1) is 29.7. The van der Waals surface area contributed by atoms with Gasteiger partial charge in [0.15, 0.2) is 12.2 Å². The third kappa shape index (κ3) is 8.85. The Kier molecular flexibility index (Phi) is 10.6. The Balaban J connectivity index is 1.64. The van der Waals surface area contributed by atoms with E-state index in [2.05, 4.69) is 31.1 Å². The molecule has 0 radical (unpaired) electrons. The highest BCUT2D eigenvalue weighted by atomic mass is 28.3. The minimum Gasteiger partial charge on any atom is -0.374 e. The van der Waals surface area contributed by atoms with Gasteiger partial charge >= 0.3 is 0 Å². The van der Waals surface area contributed by atoms with Gasteiger partial charge in [0.1, 0.15) is 20.3 Å². The van der Waals surface area contributed by atoms with Gasteiger partial charge in [0.25, 0.3) is 6.04 Å². The molecule has 0 spiro atoms. The maximum Gasteiger partial charge on any atom is 0.278 e. The van der Waals surface area contributed by atoms with Crippen molar-refractivity contribution < 1.29 is 23.9 Å². The van der Waals surface area contributed by atoms with Crippen molar-refractivity contribution in [1.82, 2.24) is 0 Å². The molecule has 5 atom stereocenters. The number of benzene rings is 3.